The monoisotopic (exact) mass is 343 g/mol. The van der Waals surface area contributed by atoms with Gasteiger partial charge in [0.15, 0.2) is 0 Å². The number of benzene rings is 1. The van der Waals surface area contributed by atoms with Crippen LogP contribution in [0.2, 0.25) is 0 Å². The number of carbonyl (C=O) groups is 1. The number of hydrogen-bond acceptors (Lipinski definition) is 3. The fraction of sp³-hybridized carbons (Fsp3) is 0.368. The van der Waals surface area contributed by atoms with E-state index in [0.29, 0.717) is 4.32 Å². The third-order valence-electron chi connectivity index (χ3n) is 4.45. The van der Waals surface area contributed by atoms with Gasteiger partial charge in [-0.05, 0) is 24.0 Å². The third-order valence-corrected chi connectivity index (χ3v) is 5.84. The first kappa shape index (κ1) is 16.5. The van der Waals surface area contributed by atoms with Gasteiger partial charge in [0.25, 0.3) is 5.91 Å². The van der Waals surface area contributed by atoms with E-state index in [9.17, 15) is 4.79 Å². The van der Waals surface area contributed by atoms with E-state index >= 15 is 0 Å². The van der Waals surface area contributed by atoms with E-state index in [1.165, 1.54) is 37.4 Å². The van der Waals surface area contributed by atoms with Crippen molar-refractivity contribution in [1.82, 2.24) is 4.90 Å². The predicted molar refractivity (Wildman–Crippen MR) is 102 cm³/mol. The van der Waals surface area contributed by atoms with Gasteiger partial charge >= 0.3 is 0 Å². The summed E-state index contributed by atoms with van der Waals surface area (Å²) in [6.07, 6.45) is 12.2. The van der Waals surface area contributed by atoms with Gasteiger partial charge in [-0.25, -0.2) is 0 Å². The molecular weight excluding hydrogens is 322 g/mol. The molecule has 1 heterocycles. The first-order valence-electron chi connectivity index (χ1n) is 8.21. The maximum atomic E-state index is 12.5. The number of amides is 1. The largest absolute Gasteiger partial charge is 0.293 e. The van der Waals surface area contributed by atoms with Crippen LogP contribution in [0.5, 0.6) is 0 Å². The molecule has 0 aromatic heterocycles. The highest BCUT2D eigenvalue weighted by Crippen LogP contribution is 2.33. The Morgan fingerprint density at radius 2 is 1.96 bits per heavy atom. The highest BCUT2D eigenvalue weighted by atomic mass is 32.2. The first-order valence-corrected chi connectivity index (χ1v) is 9.43. The maximum Gasteiger partial charge on any atom is 0.266 e. The minimum absolute atomic E-state index is 0.0655. The van der Waals surface area contributed by atoms with Crippen LogP contribution in [0.4, 0.5) is 0 Å². The predicted octanol–water partition coefficient (Wildman–Crippen LogP) is 5.02. The molecule has 2 fully saturated rings. The van der Waals surface area contributed by atoms with Crippen LogP contribution >= 0.6 is 24.0 Å². The minimum atomic E-state index is 0.0655. The minimum Gasteiger partial charge on any atom is -0.293 e. The number of hydrogen-bond donors (Lipinski definition) is 0. The SMILES string of the molecule is O=C1C(=CC=Cc2ccccc2)SC(=S)N1CCC1CCCC1. The molecule has 0 radical (unpaired) electrons. The molecule has 1 aliphatic carbocycles. The normalized spacial score (nSPS) is 21.2. The van der Waals surface area contributed by atoms with E-state index in [4.69, 9.17) is 12.2 Å². The van der Waals surface area contributed by atoms with Crippen molar-refractivity contribution in [3.05, 3.63) is 53.0 Å². The van der Waals surface area contributed by atoms with Crippen LogP contribution < -0.4 is 0 Å². The third kappa shape index (κ3) is 4.33. The Balaban J connectivity index is 1.58. The number of nitrogens with zero attached hydrogens (tertiary/aromatic N) is 1. The van der Waals surface area contributed by atoms with Crippen LogP contribution in [-0.4, -0.2) is 21.7 Å². The summed E-state index contributed by atoms with van der Waals surface area (Å²) in [5.74, 6) is 0.845. The standard InChI is InChI=1S/C19H21NOS2/c21-18-17(12-6-11-15-7-2-1-3-8-15)23-19(22)20(18)14-13-16-9-4-5-10-16/h1-3,6-8,11-12,16H,4-5,9-10,13-14H2. The second-order valence-corrected chi connectivity index (χ2v) is 7.74. The van der Waals surface area contributed by atoms with Gasteiger partial charge in [0.05, 0.1) is 4.91 Å². The Kier molecular flexibility index (Phi) is 5.68. The van der Waals surface area contributed by atoms with Gasteiger partial charge in [0.2, 0.25) is 0 Å². The lowest BCUT2D eigenvalue weighted by Crippen LogP contribution is -2.30. The van der Waals surface area contributed by atoms with E-state index in [2.05, 4.69) is 0 Å². The molecular formula is C19H21NOS2. The van der Waals surface area contributed by atoms with E-state index < -0.39 is 0 Å². The van der Waals surface area contributed by atoms with E-state index in [1.807, 2.05) is 48.6 Å². The molecule has 1 saturated carbocycles. The summed E-state index contributed by atoms with van der Waals surface area (Å²) in [5.41, 5.74) is 1.13. The van der Waals surface area contributed by atoms with Crippen LogP contribution in [-0.2, 0) is 4.79 Å². The molecule has 1 saturated heterocycles. The number of thiocarbonyl (C=S) groups is 1. The molecule has 0 bridgehead atoms. The first-order chi connectivity index (χ1) is 11.2. The molecule has 0 atom stereocenters. The summed E-state index contributed by atoms with van der Waals surface area (Å²) >= 11 is 6.80. The van der Waals surface area contributed by atoms with Gasteiger partial charge in [-0.2, -0.15) is 0 Å². The lowest BCUT2D eigenvalue weighted by atomic mass is 10.0. The Hall–Kier alpha value is -1.39. The molecule has 4 heteroatoms. The van der Waals surface area contributed by atoms with Crippen molar-refractivity contribution in [2.75, 3.05) is 6.54 Å². The van der Waals surface area contributed by atoms with Crippen LogP contribution in [0, 0.1) is 5.92 Å². The Morgan fingerprint density at radius 1 is 1.22 bits per heavy atom. The second kappa shape index (κ2) is 7.93. The smallest absolute Gasteiger partial charge is 0.266 e. The number of thioether (sulfide) groups is 1. The molecule has 120 valence electrons. The quantitative estimate of drug-likeness (QED) is 0.553. The zero-order chi connectivity index (χ0) is 16.1. The van der Waals surface area contributed by atoms with Gasteiger partial charge in [0, 0.05) is 6.54 Å². The summed E-state index contributed by atoms with van der Waals surface area (Å²) in [5, 5.41) is 0. The van der Waals surface area contributed by atoms with Gasteiger partial charge in [-0.15, -0.1) is 0 Å². The van der Waals surface area contributed by atoms with Gasteiger partial charge < -0.3 is 0 Å². The van der Waals surface area contributed by atoms with E-state index in [-0.39, 0.29) is 5.91 Å². The lowest BCUT2D eigenvalue weighted by molar-refractivity contribution is -0.122. The maximum absolute atomic E-state index is 12.5. The molecule has 0 N–H and O–H groups in total. The summed E-state index contributed by atoms with van der Waals surface area (Å²) in [7, 11) is 0. The molecule has 0 unspecified atom stereocenters. The Morgan fingerprint density at radius 3 is 2.70 bits per heavy atom. The molecule has 2 nitrogen and oxygen atoms in total. The zero-order valence-electron chi connectivity index (χ0n) is 13.1. The van der Waals surface area contributed by atoms with Crippen molar-refractivity contribution >= 4 is 40.3 Å². The number of rotatable bonds is 5. The van der Waals surface area contributed by atoms with Gasteiger partial charge in [-0.1, -0.05) is 92.1 Å². The van der Waals surface area contributed by atoms with Crippen molar-refractivity contribution in [3.8, 4) is 0 Å². The topological polar surface area (TPSA) is 20.3 Å². The lowest BCUT2D eigenvalue weighted by Gasteiger charge is -2.17. The Labute approximate surface area is 147 Å². The van der Waals surface area contributed by atoms with E-state index in [1.54, 1.807) is 4.90 Å². The van der Waals surface area contributed by atoms with Gasteiger partial charge in [0.1, 0.15) is 4.32 Å². The van der Waals surface area contributed by atoms with Crippen molar-refractivity contribution in [2.24, 2.45) is 5.92 Å². The van der Waals surface area contributed by atoms with Crippen molar-refractivity contribution in [2.45, 2.75) is 32.1 Å². The van der Waals surface area contributed by atoms with Crippen molar-refractivity contribution in [1.29, 1.82) is 0 Å². The fourth-order valence-electron chi connectivity index (χ4n) is 3.13. The average molecular weight is 344 g/mol. The summed E-state index contributed by atoms with van der Waals surface area (Å²) in [4.78, 5) is 15.0. The number of carbonyl (C=O) groups excluding carboxylic acids is 1. The molecule has 1 aliphatic heterocycles. The highest BCUT2D eigenvalue weighted by Gasteiger charge is 2.31. The van der Waals surface area contributed by atoms with Crippen molar-refractivity contribution in [3.63, 3.8) is 0 Å². The molecule has 1 aromatic rings. The summed E-state index contributed by atoms with van der Waals surface area (Å²) in [6, 6.07) is 10.1. The molecule has 1 amide bonds. The van der Waals surface area contributed by atoms with Gasteiger partial charge in [-0.3, -0.25) is 9.69 Å². The summed E-state index contributed by atoms with van der Waals surface area (Å²) in [6.45, 7) is 0.773. The van der Waals surface area contributed by atoms with Crippen LogP contribution in [0.3, 0.4) is 0 Å². The molecule has 2 aliphatic rings. The molecule has 0 spiro atoms. The molecule has 3 rings (SSSR count). The Bertz CT molecular complexity index is 630. The van der Waals surface area contributed by atoms with Crippen molar-refractivity contribution < 1.29 is 4.79 Å². The van der Waals surface area contributed by atoms with Crippen LogP contribution in [0.1, 0.15) is 37.7 Å². The average Bonchev–Trinajstić information content (AvgIpc) is 3.16. The van der Waals surface area contributed by atoms with Crippen LogP contribution in [0.25, 0.3) is 6.08 Å². The molecule has 1 aromatic carbocycles. The summed E-state index contributed by atoms with van der Waals surface area (Å²) < 4.78 is 0.701. The van der Waals surface area contributed by atoms with E-state index in [0.717, 1.165) is 29.4 Å². The highest BCUT2D eigenvalue weighted by molar-refractivity contribution is 8.26. The second-order valence-electron chi connectivity index (χ2n) is 6.06. The zero-order valence-corrected chi connectivity index (χ0v) is 14.7. The molecule has 23 heavy (non-hydrogen) atoms. The number of allylic oxidation sites excluding steroid dienone is 2. The van der Waals surface area contributed by atoms with Crippen LogP contribution in [0.15, 0.2) is 47.4 Å². The fourth-order valence-corrected chi connectivity index (χ4v) is 4.39.